The molecular weight excluding hydrogens is 392 g/mol. The Bertz CT molecular complexity index is 1060. The van der Waals surface area contributed by atoms with Crippen LogP contribution in [0.1, 0.15) is 25.7 Å². The highest BCUT2D eigenvalue weighted by atomic mass is 35.5. The van der Waals surface area contributed by atoms with E-state index in [0.717, 1.165) is 25.7 Å². The number of halogens is 1. The predicted molar refractivity (Wildman–Crippen MR) is 110 cm³/mol. The van der Waals surface area contributed by atoms with Gasteiger partial charge in [-0.3, -0.25) is 14.2 Å². The summed E-state index contributed by atoms with van der Waals surface area (Å²) in [5.74, 6) is 0.373. The van der Waals surface area contributed by atoms with Gasteiger partial charge in [0.15, 0.2) is 0 Å². The van der Waals surface area contributed by atoms with Gasteiger partial charge in [0, 0.05) is 18.3 Å². The lowest BCUT2D eigenvalue weighted by Gasteiger charge is -2.29. The summed E-state index contributed by atoms with van der Waals surface area (Å²) in [5, 5.41) is 4.10. The molecule has 7 nitrogen and oxygen atoms in total. The number of hydrogen-bond acceptors (Lipinski definition) is 5. The predicted octanol–water partition coefficient (Wildman–Crippen LogP) is 2.95. The summed E-state index contributed by atoms with van der Waals surface area (Å²) in [5.41, 5.74) is 0.418. The van der Waals surface area contributed by atoms with Crippen molar-refractivity contribution < 1.29 is 9.53 Å². The number of nitrogens with zero attached hydrogens (tertiary/aromatic N) is 3. The monoisotopic (exact) mass is 412 g/mol. The van der Waals surface area contributed by atoms with Gasteiger partial charge in [-0.1, -0.05) is 23.7 Å². The van der Waals surface area contributed by atoms with Crippen LogP contribution in [0.15, 0.2) is 53.7 Å². The maximum atomic E-state index is 12.5. The quantitative estimate of drug-likeness (QED) is 0.696. The van der Waals surface area contributed by atoms with Crippen molar-refractivity contribution in [3.63, 3.8) is 0 Å². The van der Waals surface area contributed by atoms with E-state index in [1.165, 1.54) is 10.9 Å². The van der Waals surface area contributed by atoms with Gasteiger partial charge in [0.05, 0.1) is 22.3 Å². The maximum Gasteiger partial charge on any atom is 0.261 e. The number of amides is 1. The van der Waals surface area contributed by atoms with Crippen LogP contribution in [0.2, 0.25) is 5.02 Å². The van der Waals surface area contributed by atoms with Crippen LogP contribution in [-0.4, -0.2) is 32.6 Å². The summed E-state index contributed by atoms with van der Waals surface area (Å²) in [6.07, 6.45) is 6.34. The van der Waals surface area contributed by atoms with Crippen LogP contribution in [0, 0.1) is 0 Å². The number of rotatable bonds is 5. The van der Waals surface area contributed by atoms with Gasteiger partial charge < -0.3 is 10.1 Å². The number of ether oxygens (including phenoxy) is 1. The average molecular weight is 413 g/mol. The molecule has 2 aromatic heterocycles. The first-order valence-electron chi connectivity index (χ1n) is 9.60. The van der Waals surface area contributed by atoms with Gasteiger partial charge >= 0.3 is 0 Å². The molecule has 3 aromatic rings. The molecule has 0 unspecified atom stereocenters. The summed E-state index contributed by atoms with van der Waals surface area (Å²) in [4.78, 5) is 33.3. The number of benzene rings is 1. The van der Waals surface area contributed by atoms with E-state index in [0.29, 0.717) is 21.8 Å². The molecule has 0 bridgehead atoms. The van der Waals surface area contributed by atoms with Gasteiger partial charge in [-0.15, -0.1) is 0 Å². The van der Waals surface area contributed by atoms with Crippen molar-refractivity contribution in [3.05, 3.63) is 64.3 Å². The van der Waals surface area contributed by atoms with Gasteiger partial charge in [0.1, 0.15) is 12.6 Å². The first-order valence-corrected chi connectivity index (χ1v) is 9.98. The molecule has 1 fully saturated rings. The van der Waals surface area contributed by atoms with Crippen LogP contribution >= 0.6 is 11.6 Å². The van der Waals surface area contributed by atoms with Gasteiger partial charge in [0.2, 0.25) is 11.8 Å². The average Bonchev–Trinajstić information content (AvgIpc) is 2.73. The second-order valence-electron chi connectivity index (χ2n) is 7.17. The third-order valence-electron chi connectivity index (χ3n) is 5.07. The summed E-state index contributed by atoms with van der Waals surface area (Å²) in [7, 11) is 0. The summed E-state index contributed by atoms with van der Waals surface area (Å²) < 4.78 is 7.23. The molecule has 0 spiro atoms. The van der Waals surface area contributed by atoms with Gasteiger partial charge in [-0.2, -0.15) is 0 Å². The van der Waals surface area contributed by atoms with E-state index in [4.69, 9.17) is 16.3 Å². The largest absolute Gasteiger partial charge is 0.474 e. The Morgan fingerprint density at radius 3 is 2.69 bits per heavy atom. The molecule has 1 saturated carbocycles. The molecule has 150 valence electrons. The van der Waals surface area contributed by atoms with Crippen LogP contribution in [0.4, 0.5) is 0 Å². The fourth-order valence-electron chi connectivity index (χ4n) is 3.57. The van der Waals surface area contributed by atoms with E-state index in [1.54, 1.807) is 36.5 Å². The standard InChI is InChI=1S/C21H21ClN4O3/c22-14-5-10-20(23-11-14)29-16-8-6-15(7-9-16)25-19(27)12-26-13-24-18-4-2-1-3-17(18)21(26)28/h1-5,10-11,13,15-16H,6-9,12H2,(H,25,27). The van der Waals surface area contributed by atoms with Crippen LogP contribution in [0.5, 0.6) is 5.88 Å². The molecule has 1 aromatic carbocycles. The van der Waals surface area contributed by atoms with Gasteiger partial charge in [-0.05, 0) is 43.9 Å². The number of aromatic nitrogens is 3. The second-order valence-corrected chi connectivity index (χ2v) is 7.60. The Morgan fingerprint density at radius 2 is 1.93 bits per heavy atom. The minimum Gasteiger partial charge on any atom is -0.474 e. The van der Waals surface area contributed by atoms with Crippen molar-refractivity contribution in [1.82, 2.24) is 19.9 Å². The molecule has 1 aliphatic carbocycles. The third-order valence-corrected chi connectivity index (χ3v) is 5.30. The Morgan fingerprint density at radius 1 is 1.14 bits per heavy atom. The Hall–Kier alpha value is -2.93. The second kappa shape index (κ2) is 8.61. The molecule has 0 saturated heterocycles. The minimum absolute atomic E-state index is 0.0399. The number of carbonyl (C=O) groups is 1. The van der Waals surface area contributed by atoms with E-state index < -0.39 is 0 Å². The number of carbonyl (C=O) groups excluding carboxylic acids is 1. The van der Waals surface area contributed by atoms with E-state index in [9.17, 15) is 9.59 Å². The Kier molecular flexibility index (Phi) is 5.76. The molecule has 0 radical (unpaired) electrons. The molecular formula is C21H21ClN4O3. The number of hydrogen-bond donors (Lipinski definition) is 1. The lowest BCUT2D eigenvalue weighted by Crippen LogP contribution is -2.42. The lowest BCUT2D eigenvalue weighted by molar-refractivity contribution is -0.122. The fraction of sp³-hybridized carbons (Fsp3) is 0.333. The molecule has 1 N–H and O–H groups in total. The zero-order chi connectivity index (χ0) is 20.2. The number of nitrogens with one attached hydrogen (secondary N) is 1. The van der Waals surface area contributed by atoms with Crippen LogP contribution < -0.4 is 15.6 Å². The minimum atomic E-state index is -0.210. The van der Waals surface area contributed by atoms with Crippen molar-refractivity contribution in [2.75, 3.05) is 0 Å². The van der Waals surface area contributed by atoms with Gasteiger partial charge in [-0.25, -0.2) is 9.97 Å². The number of fused-ring (bicyclic) bond motifs is 1. The van der Waals surface area contributed by atoms with Crippen molar-refractivity contribution in [2.24, 2.45) is 0 Å². The van der Waals surface area contributed by atoms with Crippen molar-refractivity contribution in [3.8, 4) is 5.88 Å². The smallest absolute Gasteiger partial charge is 0.261 e. The first kappa shape index (κ1) is 19.4. The van der Waals surface area contributed by atoms with Crippen molar-refractivity contribution in [1.29, 1.82) is 0 Å². The molecule has 1 aliphatic rings. The van der Waals surface area contributed by atoms with E-state index in [-0.39, 0.29) is 30.2 Å². The number of pyridine rings is 1. The van der Waals surface area contributed by atoms with E-state index >= 15 is 0 Å². The van der Waals surface area contributed by atoms with Crippen LogP contribution in [0.3, 0.4) is 0 Å². The summed E-state index contributed by atoms with van der Waals surface area (Å²) in [6.45, 7) is -0.0399. The van der Waals surface area contributed by atoms with E-state index in [2.05, 4.69) is 15.3 Å². The molecule has 8 heteroatoms. The highest BCUT2D eigenvalue weighted by molar-refractivity contribution is 6.30. The fourth-order valence-corrected chi connectivity index (χ4v) is 3.69. The van der Waals surface area contributed by atoms with Crippen molar-refractivity contribution in [2.45, 2.75) is 44.4 Å². The SMILES string of the molecule is O=C(Cn1cnc2ccccc2c1=O)NC1CCC(Oc2ccc(Cl)cn2)CC1. The molecule has 29 heavy (non-hydrogen) atoms. The topological polar surface area (TPSA) is 86.1 Å². The number of para-hydroxylation sites is 1. The zero-order valence-electron chi connectivity index (χ0n) is 15.8. The summed E-state index contributed by atoms with van der Waals surface area (Å²) in [6, 6.07) is 10.7. The highest BCUT2D eigenvalue weighted by Gasteiger charge is 2.24. The molecule has 1 amide bonds. The maximum absolute atomic E-state index is 12.5. The highest BCUT2D eigenvalue weighted by Crippen LogP contribution is 2.23. The lowest BCUT2D eigenvalue weighted by atomic mass is 9.93. The first-order chi connectivity index (χ1) is 14.1. The molecule has 2 heterocycles. The molecule has 0 atom stereocenters. The molecule has 0 aliphatic heterocycles. The van der Waals surface area contributed by atoms with Gasteiger partial charge in [0.25, 0.3) is 5.56 Å². The Balaban J connectivity index is 1.29. The zero-order valence-corrected chi connectivity index (χ0v) is 16.5. The van der Waals surface area contributed by atoms with Crippen molar-refractivity contribution >= 4 is 28.4 Å². The Labute approximate surface area is 172 Å². The van der Waals surface area contributed by atoms with Crippen LogP contribution in [-0.2, 0) is 11.3 Å². The van der Waals surface area contributed by atoms with E-state index in [1.807, 2.05) is 6.07 Å². The summed E-state index contributed by atoms with van der Waals surface area (Å²) >= 11 is 5.83. The normalized spacial score (nSPS) is 19.1. The van der Waals surface area contributed by atoms with Crippen LogP contribution in [0.25, 0.3) is 10.9 Å². The third kappa shape index (κ3) is 4.74. The molecule has 4 rings (SSSR count).